The number of hydrogen-bond donors (Lipinski definition) is 1. The zero-order valence-corrected chi connectivity index (χ0v) is 17.0. The lowest BCUT2D eigenvalue weighted by atomic mass is 10.1. The number of methoxy groups -OCH3 is 1. The number of benzene rings is 2. The molecule has 3 rings (SSSR count). The number of imide groups is 1. The van der Waals surface area contributed by atoms with Crippen LogP contribution in [0.1, 0.15) is 15.9 Å². The van der Waals surface area contributed by atoms with Crippen LogP contribution >= 0.6 is 11.8 Å². The summed E-state index contributed by atoms with van der Waals surface area (Å²) in [6.45, 7) is -0.491. The van der Waals surface area contributed by atoms with Gasteiger partial charge in [-0.05, 0) is 47.7 Å². The van der Waals surface area contributed by atoms with Gasteiger partial charge in [-0.15, -0.1) is 0 Å². The fourth-order valence-electron chi connectivity index (χ4n) is 2.81. The number of nitrogens with zero attached hydrogens (tertiary/aromatic N) is 2. The van der Waals surface area contributed by atoms with Gasteiger partial charge in [0.2, 0.25) is 5.91 Å². The molecule has 3 amide bonds. The molecule has 8 nitrogen and oxygen atoms in total. The number of aromatic carboxylic acids is 1. The summed E-state index contributed by atoms with van der Waals surface area (Å²) in [5.74, 6) is -1.68. The Hall–Kier alpha value is -3.59. The Balaban J connectivity index is 1.76. The summed E-state index contributed by atoms with van der Waals surface area (Å²) in [6, 6.07) is 13.0. The Morgan fingerprint density at radius 1 is 1.13 bits per heavy atom. The Morgan fingerprint density at radius 2 is 1.80 bits per heavy atom. The number of carboxylic acid groups (broad SMARTS) is 1. The van der Waals surface area contributed by atoms with Gasteiger partial charge >= 0.3 is 5.97 Å². The van der Waals surface area contributed by atoms with Crippen LogP contribution in [0, 0.1) is 0 Å². The first kappa shape index (κ1) is 21.1. The number of rotatable bonds is 6. The quantitative estimate of drug-likeness (QED) is 0.708. The van der Waals surface area contributed by atoms with Gasteiger partial charge in [-0.3, -0.25) is 19.3 Å². The third-order valence-corrected chi connectivity index (χ3v) is 5.36. The van der Waals surface area contributed by atoms with Crippen molar-refractivity contribution in [2.75, 3.05) is 25.6 Å². The van der Waals surface area contributed by atoms with Crippen LogP contribution in [-0.4, -0.2) is 53.7 Å². The molecule has 30 heavy (non-hydrogen) atoms. The van der Waals surface area contributed by atoms with Crippen LogP contribution in [0.4, 0.5) is 10.5 Å². The summed E-state index contributed by atoms with van der Waals surface area (Å²) in [4.78, 5) is 51.1. The normalized spacial score (nSPS) is 14.9. The van der Waals surface area contributed by atoms with Gasteiger partial charge in [0.1, 0.15) is 12.3 Å². The number of hydrogen-bond acceptors (Lipinski definition) is 6. The van der Waals surface area contributed by atoms with Crippen LogP contribution < -0.4 is 9.64 Å². The topological polar surface area (TPSA) is 104 Å². The molecular formula is C21H18N2O6S. The fourth-order valence-corrected chi connectivity index (χ4v) is 3.65. The minimum Gasteiger partial charge on any atom is -0.497 e. The van der Waals surface area contributed by atoms with Gasteiger partial charge < -0.3 is 14.7 Å². The second-order valence-electron chi connectivity index (χ2n) is 6.32. The molecule has 2 aromatic rings. The highest BCUT2D eigenvalue weighted by Gasteiger charge is 2.37. The van der Waals surface area contributed by atoms with Crippen LogP contribution in [0.15, 0.2) is 53.4 Å². The monoisotopic (exact) mass is 426 g/mol. The van der Waals surface area contributed by atoms with Crippen LogP contribution in [0.25, 0.3) is 6.08 Å². The second-order valence-corrected chi connectivity index (χ2v) is 7.31. The summed E-state index contributed by atoms with van der Waals surface area (Å²) in [5, 5.41) is 8.74. The molecule has 1 aliphatic rings. The van der Waals surface area contributed by atoms with E-state index in [4.69, 9.17) is 4.74 Å². The smallest absolute Gasteiger partial charge is 0.337 e. The lowest BCUT2D eigenvalue weighted by Gasteiger charge is -2.21. The molecule has 0 saturated carbocycles. The molecular weight excluding hydrogens is 408 g/mol. The zero-order chi connectivity index (χ0) is 21.8. The van der Waals surface area contributed by atoms with E-state index in [0.717, 1.165) is 21.6 Å². The van der Waals surface area contributed by atoms with Crippen molar-refractivity contribution in [1.82, 2.24) is 4.90 Å². The predicted molar refractivity (Wildman–Crippen MR) is 112 cm³/mol. The second kappa shape index (κ2) is 8.83. The summed E-state index contributed by atoms with van der Waals surface area (Å²) in [5.41, 5.74) is 0.831. The molecule has 1 N–H and O–H groups in total. The molecule has 1 aliphatic heterocycles. The molecule has 0 radical (unpaired) electrons. The van der Waals surface area contributed by atoms with E-state index < -0.39 is 29.6 Å². The van der Waals surface area contributed by atoms with Gasteiger partial charge in [-0.2, -0.15) is 0 Å². The lowest BCUT2D eigenvalue weighted by molar-refractivity contribution is -0.128. The minimum atomic E-state index is -1.18. The van der Waals surface area contributed by atoms with Crippen molar-refractivity contribution in [2.24, 2.45) is 0 Å². The predicted octanol–water partition coefficient (Wildman–Crippen LogP) is 3.09. The maximum absolute atomic E-state index is 12.6. The number of carbonyl (C=O) groups excluding carboxylic acids is 3. The number of carbonyl (C=O) groups is 4. The molecule has 2 aromatic carbocycles. The number of likely N-dealkylation sites (N-methyl/N-ethyl adjacent to an activating group) is 1. The fraction of sp³-hybridized carbons (Fsp3) is 0.143. The van der Waals surface area contributed by atoms with E-state index in [1.807, 2.05) is 0 Å². The van der Waals surface area contributed by atoms with Crippen molar-refractivity contribution in [3.05, 3.63) is 64.6 Å². The van der Waals surface area contributed by atoms with E-state index in [9.17, 15) is 24.3 Å². The zero-order valence-electron chi connectivity index (χ0n) is 16.2. The van der Waals surface area contributed by atoms with Crippen molar-refractivity contribution < 1.29 is 29.0 Å². The molecule has 0 aliphatic carbocycles. The summed E-state index contributed by atoms with van der Waals surface area (Å²) < 4.78 is 5.09. The third-order valence-electron chi connectivity index (χ3n) is 4.45. The highest BCUT2D eigenvalue weighted by molar-refractivity contribution is 8.18. The highest BCUT2D eigenvalue weighted by atomic mass is 32.2. The first-order chi connectivity index (χ1) is 14.3. The molecule has 0 bridgehead atoms. The van der Waals surface area contributed by atoms with Crippen LogP contribution in [0.3, 0.4) is 0 Å². The number of thioether (sulfide) groups is 1. The van der Waals surface area contributed by atoms with Gasteiger partial charge in [0, 0.05) is 7.05 Å². The number of ether oxygens (including phenoxy) is 1. The number of anilines is 1. The van der Waals surface area contributed by atoms with Gasteiger partial charge in [0.15, 0.2) is 0 Å². The SMILES string of the molecule is COc1ccc(/C=C2\SC(=O)N(CC(=O)N(C)c3ccccc3C(=O)O)C2=O)cc1. The van der Waals surface area contributed by atoms with Crippen molar-refractivity contribution in [2.45, 2.75) is 0 Å². The van der Waals surface area contributed by atoms with E-state index in [1.165, 1.54) is 19.2 Å². The van der Waals surface area contributed by atoms with Gasteiger partial charge in [-0.1, -0.05) is 24.3 Å². The molecule has 0 unspecified atom stereocenters. The van der Waals surface area contributed by atoms with Gasteiger partial charge in [0.25, 0.3) is 11.1 Å². The van der Waals surface area contributed by atoms with E-state index >= 15 is 0 Å². The molecule has 0 aromatic heterocycles. The van der Waals surface area contributed by atoms with Crippen LogP contribution in [-0.2, 0) is 9.59 Å². The van der Waals surface area contributed by atoms with E-state index in [1.54, 1.807) is 49.6 Å². The minimum absolute atomic E-state index is 0.0538. The first-order valence-corrected chi connectivity index (χ1v) is 9.61. The Kier molecular flexibility index (Phi) is 6.22. The van der Waals surface area contributed by atoms with Crippen LogP contribution in [0.2, 0.25) is 0 Å². The summed E-state index contributed by atoms with van der Waals surface area (Å²) in [6.07, 6.45) is 1.57. The average molecular weight is 426 g/mol. The van der Waals surface area contributed by atoms with E-state index in [2.05, 4.69) is 0 Å². The number of carboxylic acids is 1. The Labute approximate surface area is 176 Å². The van der Waals surface area contributed by atoms with Crippen LogP contribution in [0.5, 0.6) is 5.75 Å². The van der Waals surface area contributed by atoms with Crippen molar-refractivity contribution in [3.63, 3.8) is 0 Å². The molecule has 9 heteroatoms. The Bertz CT molecular complexity index is 1050. The summed E-state index contributed by atoms with van der Waals surface area (Å²) in [7, 11) is 2.94. The lowest BCUT2D eigenvalue weighted by Crippen LogP contribution is -2.41. The molecule has 1 saturated heterocycles. The molecule has 0 spiro atoms. The third kappa shape index (κ3) is 4.36. The summed E-state index contributed by atoms with van der Waals surface area (Å²) >= 11 is 0.747. The number of para-hydroxylation sites is 1. The maximum Gasteiger partial charge on any atom is 0.337 e. The van der Waals surface area contributed by atoms with Crippen molar-refractivity contribution in [3.8, 4) is 5.75 Å². The van der Waals surface area contributed by atoms with E-state index in [-0.39, 0.29) is 16.2 Å². The Morgan fingerprint density at radius 3 is 2.43 bits per heavy atom. The number of amides is 3. The molecule has 1 heterocycles. The maximum atomic E-state index is 12.6. The molecule has 0 atom stereocenters. The van der Waals surface area contributed by atoms with Crippen molar-refractivity contribution >= 4 is 46.5 Å². The largest absolute Gasteiger partial charge is 0.497 e. The van der Waals surface area contributed by atoms with Gasteiger partial charge in [-0.25, -0.2) is 4.79 Å². The molecule has 154 valence electrons. The molecule has 1 fully saturated rings. The standard InChI is InChI=1S/C21H18N2O6S/c1-22(16-6-4-3-5-15(16)20(26)27)18(24)12-23-19(25)17(30-21(23)28)11-13-7-9-14(29-2)10-8-13/h3-11H,12H2,1-2H3,(H,26,27)/b17-11-. The first-order valence-electron chi connectivity index (χ1n) is 8.80. The van der Waals surface area contributed by atoms with Gasteiger partial charge in [0.05, 0.1) is 23.3 Å². The van der Waals surface area contributed by atoms with Crippen molar-refractivity contribution in [1.29, 1.82) is 0 Å². The highest BCUT2D eigenvalue weighted by Crippen LogP contribution is 2.32. The van der Waals surface area contributed by atoms with E-state index in [0.29, 0.717) is 11.3 Å². The average Bonchev–Trinajstić information content (AvgIpc) is 3.01.